The first kappa shape index (κ1) is 25.5. The van der Waals surface area contributed by atoms with E-state index in [9.17, 15) is 19.4 Å². The zero-order valence-electron chi connectivity index (χ0n) is 20.8. The van der Waals surface area contributed by atoms with Gasteiger partial charge in [-0.25, -0.2) is 14.4 Å². The lowest BCUT2D eigenvalue weighted by atomic mass is 9.71. The van der Waals surface area contributed by atoms with Gasteiger partial charge in [0.1, 0.15) is 23.7 Å². The molecule has 3 aromatic heterocycles. The number of amides is 1. The van der Waals surface area contributed by atoms with E-state index < -0.39 is 23.3 Å². The van der Waals surface area contributed by atoms with Crippen LogP contribution in [0.15, 0.2) is 36.8 Å². The Hall–Kier alpha value is -3.55. The average Bonchev–Trinajstić information content (AvgIpc) is 3.20. The van der Waals surface area contributed by atoms with Gasteiger partial charge in [0.05, 0.1) is 34.6 Å². The van der Waals surface area contributed by atoms with Crippen LogP contribution in [0, 0.1) is 17.2 Å². The number of aliphatic hydroxyl groups is 2. The van der Waals surface area contributed by atoms with Gasteiger partial charge in [-0.1, -0.05) is 0 Å². The van der Waals surface area contributed by atoms with E-state index in [1.54, 1.807) is 36.7 Å². The fourth-order valence-electron chi connectivity index (χ4n) is 4.21. The fraction of sp³-hybridized carbons (Fsp3) is 0.462. The first-order chi connectivity index (χ1) is 16.9. The monoisotopic (exact) mass is 494 g/mol. The van der Waals surface area contributed by atoms with Gasteiger partial charge < -0.3 is 20.8 Å². The summed E-state index contributed by atoms with van der Waals surface area (Å²) < 4.78 is 16.0. The molecule has 10 heteroatoms. The van der Waals surface area contributed by atoms with Crippen molar-refractivity contribution in [2.75, 3.05) is 11.9 Å². The number of pyridine rings is 2. The second kappa shape index (κ2) is 9.48. The molecule has 1 unspecified atom stereocenters. The number of halogens is 1. The second-order valence-corrected chi connectivity index (χ2v) is 10.5. The highest BCUT2D eigenvalue weighted by Crippen LogP contribution is 2.38. The molecule has 1 aliphatic rings. The maximum atomic E-state index is 14.2. The Labute approximate surface area is 209 Å². The maximum Gasteiger partial charge on any atom is 0.255 e. The normalized spacial score (nSPS) is 18.8. The predicted molar refractivity (Wildman–Crippen MR) is 134 cm³/mol. The predicted octanol–water partition coefficient (Wildman–Crippen LogP) is 3.09. The van der Waals surface area contributed by atoms with Crippen molar-refractivity contribution < 1.29 is 19.4 Å². The van der Waals surface area contributed by atoms with E-state index >= 15 is 0 Å². The molecule has 190 valence electrons. The Morgan fingerprint density at radius 3 is 2.61 bits per heavy atom. The van der Waals surface area contributed by atoms with E-state index in [4.69, 9.17) is 5.26 Å². The van der Waals surface area contributed by atoms with E-state index in [2.05, 4.69) is 26.7 Å². The number of nitrogens with one attached hydrogen (secondary N) is 2. The Bertz CT molecular complexity index is 1310. The Kier molecular flexibility index (Phi) is 6.73. The molecule has 0 aromatic carbocycles. The van der Waals surface area contributed by atoms with Crippen molar-refractivity contribution in [1.82, 2.24) is 19.9 Å². The lowest BCUT2D eigenvalue weighted by Gasteiger charge is -2.43. The number of carbonyl (C=O) groups is 1. The van der Waals surface area contributed by atoms with Gasteiger partial charge in [0.25, 0.3) is 5.91 Å². The van der Waals surface area contributed by atoms with E-state index in [1.165, 1.54) is 26.2 Å². The smallest absolute Gasteiger partial charge is 0.255 e. The van der Waals surface area contributed by atoms with Gasteiger partial charge >= 0.3 is 0 Å². The zero-order valence-corrected chi connectivity index (χ0v) is 20.8. The molecule has 1 amide bonds. The summed E-state index contributed by atoms with van der Waals surface area (Å²) in [4.78, 5) is 21.8. The van der Waals surface area contributed by atoms with Gasteiger partial charge in [-0.2, -0.15) is 5.26 Å². The molecule has 1 saturated carbocycles. The standard InChI is InChI=1S/C26H31FN6O3/c1-25(2,35)17-8-18(9-17)32-20-10-22(33-6-5-16-7-15(11-28)12-30-23(16)33)29-13-19(20)24(34)31-14-21(27)26(3,4)36/h5-7,10,12-13,17-18,21,35-36H,8-9,14H2,1-4H3,(H,29,32)(H,31,34). The molecule has 1 aliphatic carbocycles. The first-order valence-electron chi connectivity index (χ1n) is 11.9. The quantitative estimate of drug-likeness (QED) is 0.378. The Morgan fingerprint density at radius 2 is 1.97 bits per heavy atom. The second-order valence-electron chi connectivity index (χ2n) is 10.5. The van der Waals surface area contributed by atoms with Gasteiger partial charge in [-0.3, -0.25) is 9.36 Å². The summed E-state index contributed by atoms with van der Waals surface area (Å²) in [5.74, 6) is 0.134. The minimum Gasteiger partial charge on any atom is -0.390 e. The summed E-state index contributed by atoms with van der Waals surface area (Å²) >= 11 is 0. The van der Waals surface area contributed by atoms with Crippen LogP contribution in [0.3, 0.4) is 0 Å². The highest BCUT2D eigenvalue weighted by atomic mass is 19.1. The molecule has 9 nitrogen and oxygen atoms in total. The largest absolute Gasteiger partial charge is 0.390 e. The van der Waals surface area contributed by atoms with E-state index in [0.717, 1.165) is 18.2 Å². The van der Waals surface area contributed by atoms with Gasteiger partial charge in [-0.05, 0) is 58.6 Å². The number of anilines is 1. The lowest BCUT2D eigenvalue weighted by molar-refractivity contribution is -0.0230. The molecule has 1 fully saturated rings. The van der Waals surface area contributed by atoms with Crippen molar-refractivity contribution in [3.8, 4) is 11.9 Å². The van der Waals surface area contributed by atoms with Crippen LogP contribution in [0.4, 0.5) is 10.1 Å². The molecule has 4 N–H and O–H groups in total. The SMILES string of the molecule is CC(C)(O)C(F)CNC(=O)c1cnc(-n2ccc3cc(C#N)cnc32)cc1NC1CC(C(C)(C)O)C1. The van der Waals surface area contributed by atoms with E-state index in [1.807, 2.05) is 6.07 Å². The third-order valence-corrected chi connectivity index (χ3v) is 6.74. The minimum absolute atomic E-state index is 0.0474. The first-order valence-corrected chi connectivity index (χ1v) is 11.9. The third-order valence-electron chi connectivity index (χ3n) is 6.74. The van der Waals surface area contributed by atoms with Crippen LogP contribution in [-0.2, 0) is 0 Å². The van der Waals surface area contributed by atoms with Crippen molar-refractivity contribution in [1.29, 1.82) is 5.26 Å². The lowest BCUT2D eigenvalue weighted by Crippen LogP contribution is -2.46. The molecular weight excluding hydrogens is 463 g/mol. The molecule has 0 saturated heterocycles. The molecule has 36 heavy (non-hydrogen) atoms. The highest BCUT2D eigenvalue weighted by Gasteiger charge is 2.39. The molecule has 3 heterocycles. The molecular formula is C26H31FN6O3. The zero-order chi connectivity index (χ0) is 26.3. The van der Waals surface area contributed by atoms with Crippen LogP contribution in [0.2, 0.25) is 0 Å². The summed E-state index contributed by atoms with van der Waals surface area (Å²) in [5.41, 5.74) is -0.544. The van der Waals surface area contributed by atoms with Crippen LogP contribution in [0.5, 0.6) is 0 Å². The molecule has 1 atom stereocenters. The van der Waals surface area contributed by atoms with Crippen LogP contribution >= 0.6 is 0 Å². The van der Waals surface area contributed by atoms with Crippen LogP contribution in [0.1, 0.15) is 56.5 Å². The summed E-state index contributed by atoms with van der Waals surface area (Å²) in [6.07, 6.45) is 4.53. The van der Waals surface area contributed by atoms with Gasteiger partial charge in [0.2, 0.25) is 0 Å². The van der Waals surface area contributed by atoms with Gasteiger partial charge in [0, 0.05) is 36.1 Å². The fourth-order valence-corrected chi connectivity index (χ4v) is 4.21. The Balaban J connectivity index is 1.63. The number of alkyl halides is 1. The number of hydrogen-bond donors (Lipinski definition) is 4. The van der Waals surface area contributed by atoms with E-state index in [0.29, 0.717) is 22.7 Å². The van der Waals surface area contributed by atoms with Crippen LogP contribution in [-0.4, -0.2) is 60.6 Å². The summed E-state index contributed by atoms with van der Waals surface area (Å²) in [7, 11) is 0. The topological polar surface area (TPSA) is 136 Å². The highest BCUT2D eigenvalue weighted by molar-refractivity contribution is 5.99. The number of nitrogens with zero attached hydrogens (tertiary/aromatic N) is 4. The third kappa shape index (κ3) is 5.32. The van der Waals surface area contributed by atoms with Crippen LogP contribution in [0.25, 0.3) is 16.9 Å². The number of nitriles is 1. The number of aromatic nitrogens is 3. The van der Waals surface area contributed by atoms with Crippen molar-refractivity contribution >= 4 is 22.6 Å². The summed E-state index contributed by atoms with van der Waals surface area (Å²) in [6.45, 7) is 5.92. The van der Waals surface area contributed by atoms with Gasteiger partial charge in [-0.15, -0.1) is 0 Å². The number of fused-ring (bicyclic) bond motifs is 1. The molecule has 0 aliphatic heterocycles. The van der Waals surface area contributed by atoms with Crippen molar-refractivity contribution in [3.63, 3.8) is 0 Å². The molecule has 4 rings (SSSR count). The van der Waals surface area contributed by atoms with Crippen molar-refractivity contribution in [2.24, 2.45) is 5.92 Å². The molecule has 0 spiro atoms. The molecule has 0 bridgehead atoms. The molecule has 3 aromatic rings. The maximum absolute atomic E-state index is 14.2. The molecule has 0 radical (unpaired) electrons. The van der Waals surface area contributed by atoms with E-state index in [-0.39, 0.29) is 24.1 Å². The average molecular weight is 495 g/mol. The number of hydrogen-bond acceptors (Lipinski definition) is 7. The number of rotatable bonds is 8. The Morgan fingerprint density at radius 1 is 1.25 bits per heavy atom. The number of carbonyl (C=O) groups excluding carboxylic acids is 1. The van der Waals surface area contributed by atoms with Crippen LogP contribution < -0.4 is 10.6 Å². The van der Waals surface area contributed by atoms with Crippen molar-refractivity contribution in [3.05, 3.63) is 47.9 Å². The summed E-state index contributed by atoms with van der Waals surface area (Å²) in [5, 5.41) is 35.9. The summed E-state index contributed by atoms with van der Waals surface area (Å²) in [6, 6.07) is 7.42. The van der Waals surface area contributed by atoms with Gasteiger partial charge in [0.15, 0.2) is 0 Å². The minimum atomic E-state index is -1.64. The van der Waals surface area contributed by atoms with Crippen molar-refractivity contribution in [2.45, 2.75) is 64.0 Å².